The summed E-state index contributed by atoms with van der Waals surface area (Å²) in [5, 5.41) is 15.0. The van der Waals surface area contributed by atoms with Crippen LogP contribution in [0.2, 0.25) is 0 Å². The Morgan fingerprint density at radius 2 is 1.47 bits per heavy atom. The van der Waals surface area contributed by atoms with Crippen LogP contribution in [0.3, 0.4) is 0 Å². The smallest absolute Gasteiger partial charge is 0.330 e. The highest BCUT2D eigenvalue weighted by molar-refractivity contribution is 6.47. The molecule has 0 unspecified atom stereocenters. The van der Waals surface area contributed by atoms with Gasteiger partial charge in [0.25, 0.3) is 0 Å². The topological polar surface area (TPSA) is 42.6 Å². The number of hydrogen-bond donors (Lipinski definition) is 1. The van der Waals surface area contributed by atoms with Crippen LogP contribution in [0.4, 0.5) is 0 Å². The molecule has 0 aliphatic heterocycles. The summed E-state index contributed by atoms with van der Waals surface area (Å²) >= 11 is 0. The van der Waals surface area contributed by atoms with E-state index in [-0.39, 0.29) is 0 Å². The van der Waals surface area contributed by atoms with Gasteiger partial charge in [-0.2, -0.15) is 0 Å². The second-order valence-corrected chi connectivity index (χ2v) is 9.74. The SMILES string of the molecule is CC(C)(O)C(C)(C)O[B]c1ccc2oc3c4cccc5c4c(cc3c2c1)-c1ccccc1-5. The van der Waals surface area contributed by atoms with E-state index in [1.54, 1.807) is 21.3 Å². The molecule has 157 valence electrons. The van der Waals surface area contributed by atoms with Gasteiger partial charge in [0.2, 0.25) is 0 Å². The van der Waals surface area contributed by atoms with Crippen molar-refractivity contribution in [3.63, 3.8) is 0 Å². The minimum atomic E-state index is -0.968. The van der Waals surface area contributed by atoms with E-state index in [1.807, 2.05) is 26.0 Å². The highest BCUT2D eigenvalue weighted by atomic mass is 16.5. The maximum atomic E-state index is 10.4. The van der Waals surface area contributed by atoms with E-state index in [1.165, 1.54) is 27.6 Å². The van der Waals surface area contributed by atoms with Crippen molar-refractivity contribution in [1.29, 1.82) is 0 Å². The maximum absolute atomic E-state index is 10.4. The third-order valence-corrected chi connectivity index (χ3v) is 7.09. The predicted octanol–water partition coefficient (Wildman–Crippen LogP) is 6.20. The fourth-order valence-electron chi connectivity index (χ4n) is 4.55. The molecule has 1 N–H and O–H groups in total. The van der Waals surface area contributed by atoms with Gasteiger partial charge in [0, 0.05) is 21.5 Å². The van der Waals surface area contributed by atoms with E-state index in [2.05, 4.69) is 54.6 Å². The minimum absolute atomic E-state index is 0.720. The number of furan rings is 1. The Morgan fingerprint density at radius 1 is 0.750 bits per heavy atom. The summed E-state index contributed by atoms with van der Waals surface area (Å²) in [5.74, 6) is 0. The molecule has 4 heteroatoms. The summed E-state index contributed by atoms with van der Waals surface area (Å²) in [7, 11) is 1.73. The highest BCUT2D eigenvalue weighted by Crippen LogP contribution is 2.50. The Balaban J connectivity index is 1.53. The van der Waals surface area contributed by atoms with Crippen molar-refractivity contribution < 1.29 is 14.2 Å². The molecule has 32 heavy (non-hydrogen) atoms. The fraction of sp³-hybridized carbons (Fsp3) is 0.214. The first-order valence-corrected chi connectivity index (χ1v) is 11.0. The molecular formula is C28H24BO3. The zero-order valence-electron chi connectivity index (χ0n) is 18.7. The largest absolute Gasteiger partial charge is 0.455 e. The van der Waals surface area contributed by atoms with Crippen LogP contribution in [0.1, 0.15) is 27.7 Å². The Kier molecular flexibility index (Phi) is 3.96. The fourth-order valence-corrected chi connectivity index (χ4v) is 4.55. The van der Waals surface area contributed by atoms with Crippen LogP contribution in [0.15, 0.2) is 71.1 Å². The number of aliphatic hydroxyl groups is 1. The average Bonchev–Trinajstić information content (AvgIpc) is 3.29. The zero-order valence-corrected chi connectivity index (χ0v) is 18.7. The molecule has 4 aromatic carbocycles. The second kappa shape index (κ2) is 6.47. The zero-order chi connectivity index (χ0) is 22.3. The lowest BCUT2D eigenvalue weighted by Crippen LogP contribution is -2.49. The normalized spacial score (nSPS) is 13.3. The van der Waals surface area contributed by atoms with Gasteiger partial charge in [-0.05, 0) is 62.1 Å². The third-order valence-electron chi connectivity index (χ3n) is 7.09. The van der Waals surface area contributed by atoms with E-state index in [9.17, 15) is 5.11 Å². The van der Waals surface area contributed by atoms with Gasteiger partial charge in [-0.25, -0.2) is 0 Å². The summed E-state index contributed by atoms with van der Waals surface area (Å²) in [6.45, 7) is 7.29. The molecule has 0 atom stereocenters. The summed E-state index contributed by atoms with van der Waals surface area (Å²) in [6, 6.07) is 23.4. The third kappa shape index (κ3) is 2.70. The van der Waals surface area contributed by atoms with Crippen molar-refractivity contribution >= 4 is 45.7 Å². The van der Waals surface area contributed by atoms with E-state index in [0.29, 0.717) is 0 Å². The summed E-state index contributed by atoms with van der Waals surface area (Å²) < 4.78 is 12.3. The van der Waals surface area contributed by atoms with Crippen molar-refractivity contribution in [2.45, 2.75) is 38.9 Å². The molecule has 0 bridgehead atoms. The Hall–Kier alpha value is -3.08. The van der Waals surface area contributed by atoms with Crippen molar-refractivity contribution in [3.8, 4) is 22.3 Å². The lowest BCUT2D eigenvalue weighted by Gasteiger charge is -2.37. The first kappa shape index (κ1) is 19.6. The van der Waals surface area contributed by atoms with Gasteiger partial charge in [-0.1, -0.05) is 60.1 Å². The monoisotopic (exact) mass is 419 g/mol. The van der Waals surface area contributed by atoms with Gasteiger partial charge in [-0.3, -0.25) is 0 Å². The van der Waals surface area contributed by atoms with E-state index in [0.717, 1.165) is 32.8 Å². The van der Waals surface area contributed by atoms with Crippen molar-refractivity contribution in [3.05, 3.63) is 66.7 Å². The van der Waals surface area contributed by atoms with Gasteiger partial charge in [-0.15, -0.1) is 0 Å². The molecule has 0 fully saturated rings. The van der Waals surface area contributed by atoms with Gasteiger partial charge >= 0.3 is 7.48 Å². The van der Waals surface area contributed by atoms with Crippen molar-refractivity contribution in [1.82, 2.24) is 0 Å². The first-order valence-electron chi connectivity index (χ1n) is 11.0. The number of benzene rings is 4. The first-order chi connectivity index (χ1) is 15.2. The van der Waals surface area contributed by atoms with Crippen LogP contribution in [-0.2, 0) is 4.65 Å². The van der Waals surface area contributed by atoms with Crippen LogP contribution in [0.5, 0.6) is 0 Å². The molecule has 1 aromatic heterocycles. The maximum Gasteiger partial charge on any atom is 0.330 e. The standard InChI is InChI=1S/C28H24BO3/c1-27(2,30)28(3,4)32-29-16-12-13-24-21(14-16)23-15-22-18-9-6-5-8-17(18)19-10-7-11-20(25(19)22)26(23)31-24/h5-15,30H,1-4H3. The molecule has 1 aliphatic rings. The van der Waals surface area contributed by atoms with Crippen LogP contribution in [-0.4, -0.2) is 23.8 Å². The molecule has 1 aliphatic carbocycles. The summed E-state index contributed by atoms with van der Waals surface area (Å²) in [4.78, 5) is 0. The van der Waals surface area contributed by atoms with Crippen molar-refractivity contribution in [2.24, 2.45) is 0 Å². The summed E-state index contributed by atoms with van der Waals surface area (Å²) in [6.07, 6.45) is 0. The molecular weight excluding hydrogens is 395 g/mol. The minimum Gasteiger partial charge on any atom is -0.455 e. The Bertz CT molecular complexity index is 1540. The number of rotatable bonds is 4. The molecule has 0 saturated carbocycles. The van der Waals surface area contributed by atoms with Crippen LogP contribution in [0, 0.1) is 0 Å². The van der Waals surface area contributed by atoms with E-state index in [4.69, 9.17) is 9.07 Å². The van der Waals surface area contributed by atoms with Crippen LogP contribution in [0.25, 0.3) is 55.0 Å². The molecule has 5 aromatic rings. The van der Waals surface area contributed by atoms with Gasteiger partial charge < -0.3 is 14.2 Å². The van der Waals surface area contributed by atoms with Gasteiger partial charge in [0.15, 0.2) is 0 Å². The quantitative estimate of drug-likeness (QED) is 0.346. The van der Waals surface area contributed by atoms with Crippen LogP contribution >= 0.6 is 0 Å². The predicted molar refractivity (Wildman–Crippen MR) is 133 cm³/mol. The molecule has 6 rings (SSSR count). The molecule has 1 heterocycles. The molecule has 0 saturated heterocycles. The van der Waals surface area contributed by atoms with E-state index >= 15 is 0 Å². The molecule has 3 nitrogen and oxygen atoms in total. The molecule has 1 radical (unpaired) electrons. The second-order valence-electron chi connectivity index (χ2n) is 9.74. The molecule has 0 spiro atoms. The molecule has 0 amide bonds. The number of hydrogen-bond acceptors (Lipinski definition) is 3. The van der Waals surface area contributed by atoms with Crippen molar-refractivity contribution in [2.75, 3.05) is 0 Å². The number of fused-ring (bicyclic) bond motifs is 7. The Morgan fingerprint density at radius 3 is 2.22 bits per heavy atom. The van der Waals surface area contributed by atoms with E-state index < -0.39 is 11.2 Å². The Labute approximate surface area is 187 Å². The summed E-state index contributed by atoms with van der Waals surface area (Å²) in [5.41, 5.74) is 6.10. The van der Waals surface area contributed by atoms with Gasteiger partial charge in [0.1, 0.15) is 11.2 Å². The average molecular weight is 419 g/mol. The lowest BCUT2D eigenvalue weighted by atomic mass is 9.82. The van der Waals surface area contributed by atoms with Gasteiger partial charge in [0.05, 0.1) is 11.2 Å². The highest BCUT2D eigenvalue weighted by Gasteiger charge is 2.35. The lowest BCUT2D eigenvalue weighted by molar-refractivity contribution is -0.0893. The van der Waals surface area contributed by atoms with Crippen LogP contribution < -0.4 is 5.46 Å².